The van der Waals surface area contributed by atoms with Crippen LogP contribution in [0, 0.1) is 5.92 Å². The Morgan fingerprint density at radius 1 is 0.829 bits per heavy atom. The van der Waals surface area contributed by atoms with Crippen LogP contribution in [-0.2, 0) is 36.8 Å². The molecule has 0 spiro atoms. The minimum atomic E-state index is -0.966. The molecule has 0 heterocycles. The monoisotopic (exact) mass is 568 g/mol. The minimum Gasteiger partial charge on any atom is -0.508 e. The van der Waals surface area contributed by atoms with Crippen LogP contribution in [0.25, 0.3) is 0 Å². The van der Waals surface area contributed by atoms with Crippen LogP contribution in [-0.4, -0.2) is 66.0 Å². The van der Waals surface area contributed by atoms with Gasteiger partial charge in [0.25, 0.3) is 0 Å². The maximum absolute atomic E-state index is 12.9. The average molecular weight is 569 g/mol. The van der Waals surface area contributed by atoms with Crippen molar-refractivity contribution in [2.75, 3.05) is 6.54 Å². The summed E-state index contributed by atoms with van der Waals surface area (Å²) < 4.78 is 0. The molecule has 0 saturated carbocycles. The number of carbonyl (C=O) groups is 5. The number of nitrogens with one attached hydrogen (secondary N) is 5. The number of hydrogen-bond acceptors (Lipinski definition) is 7. The fourth-order valence-electron chi connectivity index (χ4n) is 4.00. The van der Waals surface area contributed by atoms with Crippen molar-refractivity contribution in [3.8, 4) is 5.75 Å². The molecular weight excluding hydrogens is 528 g/mol. The molecule has 0 aliphatic rings. The molecule has 2 rings (SSSR count). The molecule has 0 saturated heterocycles. The summed E-state index contributed by atoms with van der Waals surface area (Å²) in [6.07, 6.45) is 0.541. The molecule has 41 heavy (non-hydrogen) atoms. The first-order chi connectivity index (χ1) is 19.5. The summed E-state index contributed by atoms with van der Waals surface area (Å²) in [5.41, 5.74) is 7.55. The quantitative estimate of drug-likeness (QED) is 0.108. The van der Waals surface area contributed by atoms with Gasteiger partial charge in [0.2, 0.25) is 30.0 Å². The summed E-state index contributed by atoms with van der Waals surface area (Å²) in [6, 6.07) is 12.8. The van der Waals surface area contributed by atoms with Crippen molar-refractivity contribution in [1.29, 1.82) is 0 Å². The largest absolute Gasteiger partial charge is 0.508 e. The highest BCUT2D eigenvalue weighted by Crippen LogP contribution is 2.11. The number of phenols is 1. The Balaban J connectivity index is 1.92. The summed E-state index contributed by atoms with van der Waals surface area (Å²) in [7, 11) is 0. The lowest BCUT2D eigenvalue weighted by Gasteiger charge is -2.25. The van der Waals surface area contributed by atoms with E-state index in [9.17, 15) is 29.1 Å². The van der Waals surface area contributed by atoms with Crippen LogP contribution in [0.3, 0.4) is 0 Å². The highest BCUT2D eigenvalue weighted by atomic mass is 16.3. The third-order valence-corrected chi connectivity index (χ3v) is 6.13. The number of aromatic hydroxyl groups is 1. The molecule has 12 nitrogen and oxygen atoms in total. The van der Waals surface area contributed by atoms with Crippen LogP contribution in [0.5, 0.6) is 5.75 Å². The van der Waals surface area contributed by atoms with E-state index in [0.717, 1.165) is 11.1 Å². The van der Waals surface area contributed by atoms with Gasteiger partial charge < -0.3 is 37.4 Å². The van der Waals surface area contributed by atoms with Gasteiger partial charge in [-0.15, -0.1) is 0 Å². The van der Waals surface area contributed by atoms with E-state index in [-0.39, 0.29) is 24.5 Å². The first kappa shape index (κ1) is 32.8. The minimum absolute atomic E-state index is 0.0973. The average Bonchev–Trinajstić information content (AvgIpc) is 2.92. The van der Waals surface area contributed by atoms with E-state index >= 15 is 0 Å². The molecule has 4 atom stereocenters. The first-order valence-electron chi connectivity index (χ1n) is 13.4. The van der Waals surface area contributed by atoms with Crippen LogP contribution >= 0.6 is 0 Å². The number of amides is 5. The Morgan fingerprint density at radius 3 is 2.07 bits per heavy atom. The van der Waals surface area contributed by atoms with Crippen molar-refractivity contribution >= 4 is 30.0 Å². The maximum atomic E-state index is 12.9. The van der Waals surface area contributed by atoms with E-state index in [1.807, 2.05) is 44.2 Å². The Labute approximate surface area is 239 Å². The van der Waals surface area contributed by atoms with E-state index < -0.39 is 54.5 Å². The van der Waals surface area contributed by atoms with Crippen molar-refractivity contribution in [1.82, 2.24) is 26.6 Å². The second kappa shape index (κ2) is 16.6. The van der Waals surface area contributed by atoms with E-state index in [1.165, 1.54) is 19.1 Å². The number of benzene rings is 2. The second-order valence-corrected chi connectivity index (χ2v) is 10.2. The predicted molar refractivity (Wildman–Crippen MR) is 153 cm³/mol. The van der Waals surface area contributed by atoms with Gasteiger partial charge in [-0.25, -0.2) is 0 Å². The molecule has 2 aromatic carbocycles. The summed E-state index contributed by atoms with van der Waals surface area (Å²) in [5, 5.41) is 22.4. The molecular formula is C29H40N6O6. The SMILES string of the molecule is CC(C)C[C@H](NC=O)C(=O)N[C@@H](Cc1ccccc1)NC(=O)CNC(=O)[C@@H](C)NC(=O)[C@H](N)Cc1ccc(O)cc1. The van der Waals surface area contributed by atoms with Gasteiger partial charge in [-0.05, 0) is 48.9 Å². The van der Waals surface area contributed by atoms with E-state index in [2.05, 4.69) is 26.6 Å². The Bertz CT molecular complexity index is 1160. The lowest BCUT2D eigenvalue weighted by molar-refractivity contribution is -0.130. The molecule has 5 amide bonds. The zero-order valence-corrected chi connectivity index (χ0v) is 23.6. The van der Waals surface area contributed by atoms with Crippen molar-refractivity contribution in [3.63, 3.8) is 0 Å². The highest BCUT2D eigenvalue weighted by Gasteiger charge is 2.24. The number of carbonyl (C=O) groups excluding carboxylic acids is 5. The summed E-state index contributed by atoms with van der Waals surface area (Å²) in [5.74, 6) is -1.92. The van der Waals surface area contributed by atoms with Gasteiger partial charge in [-0.3, -0.25) is 24.0 Å². The fraction of sp³-hybridized carbons (Fsp3) is 0.414. The van der Waals surface area contributed by atoms with Crippen LogP contribution in [0.2, 0.25) is 0 Å². The number of hydrogen-bond donors (Lipinski definition) is 7. The van der Waals surface area contributed by atoms with Gasteiger partial charge in [-0.2, -0.15) is 0 Å². The molecule has 222 valence electrons. The molecule has 0 aliphatic heterocycles. The van der Waals surface area contributed by atoms with Gasteiger partial charge in [0.15, 0.2) is 0 Å². The zero-order valence-electron chi connectivity index (χ0n) is 23.6. The molecule has 0 bridgehead atoms. The van der Waals surface area contributed by atoms with E-state index in [4.69, 9.17) is 5.73 Å². The molecule has 0 aliphatic carbocycles. The molecule has 0 unspecified atom stereocenters. The van der Waals surface area contributed by atoms with Crippen LogP contribution < -0.4 is 32.3 Å². The molecule has 2 aromatic rings. The molecule has 12 heteroatoms. The topological polar surface area (TPSA) is 192 Å². The van der Waals surface area contributed by atoms with E-state index in [0.29, 0.717) is 12.8 Å². The normalized spacial score (nSPS) is 13.7. The maximum Gasteiger partial charge on any atom is 0.244 e. The van der Waals surface area contributed by atoms with Crippen molar-refractivity contribution in [2.45, 2.75) is 64.3 Å². The van der Waals surface area contributed by atoms with Gasteiger partial charge in [0.1, 0.15) is 24.0 Å². The fourth-order valence-corrected chi connectivity index (χ4v) is 4.00. The smallest absolute Gasteiger partial charge is 0.244 e. The zero-order chi connectivity index (χ0) is 30.4. The Kier molecular flexibility index (Phi) is 13.3. The lowest BCUT2D eigenvalue weighted by atomic mass is 10.0. The van der Waals surface area contributed by atoms with Gasteiger partial charge in [0.05, 0.1) is 12.6 Å². The Morgan fingerprint density at radius 2 is 1.46 bits per heavy atom. The summed E-state index contributed by atoms with van der Waals surface area (Å²) in [6.45, 7) is 4.91. The van der Waals surface area contributed by atoms with Gasteiger partial charge in [0, 0.05) is 6.42 Å². The first-order valence-corrected chi connectivity index (χ1v) is 13.4. The number of rotatable bonds is 16. The third-order valence-electron chi connectivity index (χ3n) is 6.13. The lowest BCUT2D eigenvalue weighted by Crippen LogP contribution is -2.56. The number of nitrogens with two attached hydrogens (primary N) is 1. The predicted octanol–water partition coefficient (Wildman–Crippen LogP) is -0.155. The van der Waals surface area contributed by atoms with E-state index in [1.54, 1.807) is 12.1 Å². The van der Waals surface area contributed by atoms with Crippen molar-refractivity contribution < 1.29 is 29.1 Å². The van der Waals surface area contributed by atoms with Crippen LogP contribution in [0.4, 0.5) is 0 Å². The third kappa shape index (κ3) is 12.1. The molecule has 0 fully saturated rings. The summed E-state index contributed by atoms with van der Waals surface area (Å²) in [4.78, 5) is 61.6. The Hall–Kier alpha value is -4.45. The highest BCUT2D eigenvalue weighted by molar-refractivity contribution is 5.92. The number of phenolic OH excluding ortho intramolecular Hbond substituents is 1. The second-order valence-electron chi connectivity index (χ2n) is 10.2. The molecule has 0 aromatic heterocycles. The standard InChI is InChI=1S/C29H40N6O6/c1-18(2)13-24(32-17-36)29(41)35-25(15-20-7-5-4-6-8-20)34-26(38)16-31-27(39)19(3)33-28(40)23(30)14-21-9-11-22(37)12-10-21/h4-12,17-19,23-25,37H,13-16,30H2,1-3H3,(H,31,39)(H,32,36)(H,33,40)(H,34,38)(H,35,41)/t19-,23-,24+,25+/m1/s1. The molecule has 8 N–H and O–H groups in total. The van der Waals surface area contributed by atoms with Crippen molar-refractivity contribution in [3.05, 3.63) is 65.7 Å². The van der Waals surface area contributed by atoms with Crippen LogP contribution in [0.15, 0.2) is 54.6 Å². The van der Waals surface area contributed by atoms with Gasteiger partial charge >= 0.3 is 0 Å². The van der Waals surface area contributed by atoms with Crippen molar-refractivity contribution in [2.24, 2.45) is 11.7 Å². The molecule has 0 radical (unpaired) electrons. The van der Waals surface area contributed by atoms with Crippen LogP contribution in [0.1, 0.15) is 38.3 Å². The summed E-state index contributed by atoms with van der Waals surface area (Å²) >= 11 is 0. The van der Waals surface area contributed by atoms with Gasteiger partial charge in [-0.1, -0.05) is 56.3 Å².